The van der Waals surface area contributed by atoms with Crippen molar-refractivity contribution in [3.05, 3.63) is 52.8 Å². The Kier molecular flexibility index (Phi) is 5.94. The largest absolute Gasteiger partial charge is 0.478 e. The van der Waals surface area contributed by atoms with E-state index in [1.807, 2.05) is 28.6 Å². The van der Waals surface area contributed by atoms with E-state index in [2.05, 4.69) is 12.0 Å². The Morgan fingerprint density at radius 1 is 1.26 bits per heavy atom. The van der Waals surface area contributed by atoms with Crippen LogP contribution in [0.4, 0.5) is 0 Å². The molecule has 0 spiro atoms. The van der Waals surface area contributed by atoms with Crippen molar-refractivity contribution in [2.75, 3.05) is 13.1 Å². The van der Waals surface area contributed by atoms with E-state index < -0.39 is 5.97 Å². The Balaban J connectivity index is 1.65. The van der Waals surface area contributed by atoms with Gasteiger partial charge in [-0.3, -0.25) is 9.48 Å². The van der Waals surface area contributed by atoms with Crippen molar-refractivity contribution in [3.63, 3.8) is 0 Å². The number of likely N-dealkylation sites (tertiary alicyclic amines) is 1. The second-order valence-electron chi connectivity index (χ2n) is 7.33. The minimum absolute atomic E-state index is 0.0702. The number of carbonyl (C=O) groups is 2. The van der Waals surface area contributed by atoms with Gasteiger partial charge in [0.1, 0.15) is 0 Å². The summed E-state index contributed by atoms with van der Waals surface area (Å²) >= 11 is 0. The lowest BCUT2D eigenvalue weighted by molar-refractivity contribution is 0.0669. The van der Waals surface area contributed by atoms with Crippen molar-refractivity contribution >= 4 is 11.9 Å². The van der Waals surface area contributed by atoms with Gasteiger partial charge in [-0.05, 0) is 56.2 Å². The summed E-state index contributed by atoms with van der Waals surface area (Å²) in [5, 5.41) is 13.4. The van der Waals surface area contributed by atoms with Crippen LogP contribution in [0.1, 0.15) is 58.2 Å². The zero-order valence-electron chi connectivity index (χ0n) is 16.0. The van der Waals surface area contributed by atoms with Gasteiger partial charge in [-0.25, -0.2) is 4.79 Å². The van der Waals surface area contributed by atoms with Crippen LogP contribution in [0, 0.1) is 12.8 Å². The fourth-order valence-electron chi connectivity index (χ4n) is 3.80. The summed E-state index contributed by atoms with van der Waals surface area (Å²) in [4.78, 5) is 25.9. The van der Waals surface area contributed by atoms with Gasteiger partial charge in [0.2, 0.25) is 0 Å². The molecule has 1 amide bonds. The third kappa shape index (κ3) is 4.38. The summed E-state index contributed by atoms with van der Waals surface area (Å²) in [5.74, 6) is -0.444. The zero-order valence-corrected chi connectivity index (χ0v) is 16.0. The number of piperidine rings is 1. The molecule has 6 heteroatoms. The summed E-state index contributed by atoms with van der Waals surface area (Å²) in [6.45, 7) is 6.40. The summed E-state index contributed by atoms with van der Waals surface area (Å²) in [7, 11) is 0. The Bertz CT molecular complexity index is 811. The predicted molar refractivity (Wildman–Crippen MR) is 103 cm³/mol. The highest BCUT2D eigenvalue weighted by Gasteiger charge is 2.26. The fraction of sp³-hybridized carbons (Fsp3) is 0.476. The summed E-state index contributed by atoms with van der Waals surface area (Å²) in [6.07, 6.45) is 5.62. The van der Waals surface area contributed by atoms with Crippen molar-refractivity contribution in [3.8, 4) is 0 Å². The first-order chi connectivity index (χ1) is 13.0. The van der Waals surface area contributed by atoms with E-state index in [0.29, 0.717) is 17.0 Å². The van der Waals surface area contributed by atoms with E-state index >= 15 is 0 Å². The molecule has 2 aromatic rings. The summed E-state index contributed by atoms with van der Waals surface area (Å²) in [6, 6.07) is 7.05. The van der Waals surface area contributed by atoms with Crippen molar-refractivity contribution in [1.82, 2.24) is 14.7 Å². The molecular formula is C21H27N3O3. The van der Waals surface area contributed by atoms with Gasteiger partial charge >= 0.3 is 5.97 Å². The Labute approximate surface area is 159 Å². The molecule has 144 valence electrons. The summed E-state index contributed by atoms with van der Waals surface area (Å²) < 4.78 is 1.90. The highest BCUT2D eigenvalue weighted by molar-refractivity contribution is 5.95. The van der Waals surface area contributed by atoms with Crippen LogP contribution < -0.4 is 0 Å². The van der Waals surface area contributed by atoms with Crippen LogP contribution in [-0.4, -0.2) is 44.8 Å². The van der Waals surface area contributed by atoms with Gasteiger partial charge in [-0.15, -0.1) is 0 Å². The molecule has 0 unspecified atom stereocenters. The lowest BCUT2D eigenvalue weighted by Gasteiger charge is -2.33. The second-order valence-corrected chi connectivity index (χ2v) is 7.33. The van der Waals surface area contributed by atoms with Crippen molar-refractivity contribution in [2.24, 2.45) is 5.92 Å². The first-order valence-corrected chi connectivity index (χ1v) is 9.63. The lowest BCUT2D eigenvalue weighted by atomic mass is 9.90. The minimum atomic E-state index is -0.907. The number of benzene rings is 1. The number of carbonyl (C=O) groups excluding carboxylic acids is 1. The van der Waals surface area contributed by atoms with Crippen molar-refractivity contribution in [1.29, 1.82) is 0 Å². The van der Waals surface area contributed by atoms with E-state index in [1.165, 1.54) is 0 Å². The van der Waals surface area contributed by atoms with Gasteiger partial charge in [0.15, 0.2) is 0 Å². The molecule has 27 heavy (non-hydrogen) atoms. The molecule has 1 aromatic carbocycles. The third-order valence-electron chi connectivity index (χ3n) is 5.30. The van der Waals surface area contributed by atoms with E-state index in [-0.39, 0.29) is 5.91 Å². The van der Waals surface area contributed by atoms with E-state index in [1.54, 1.807) is 18.3 Å². The lowest BCUT2D eigenvalue weighted by Crippen LogP contribution is -2.40. The van der Waals surface area contributed by atoms with Crippen LogP contribution >= 0.6 is 0 Å². The predicted octanol–water partition coefficient (Wildman–Crippen LogP) is 3.39. The van der Waals surface area contributed by atoms with E-state index in [9.17, 15) is 9.59 Å². The van der Waals surface area contributed by atoms with Crippen LogP contribution in [0.2, 0.25) is 0 Å². The van der Waals surface area contributed by atoms with Gasteiger partial charge in [-0.2, -0.15) is 5.10 Å². The number of hydrogen-bond acceptors (Lipinski definition) is 3. The normalized spacial score (nSPS) is 17.1. The molecule has 1 aliphatic heterocycles. The third-order valence-corrected chi connectivity index (χ3v) is 5.30. The first kappa shape index (κ1) is 19.1. The molecule has 6 nitrogen and oxygen atoms in total. The molecule has 1 N–H and O–H groups in total. The molecule has 0 bridgehead atoms. The SMILES string of the molecule is CCCn1ncc(C(=O)N2CCC[C@H](Cc3ccc(C(=O)O)cc3)C2)c1C. The second kappa shape index (κ2) is 8.37. The van der Waals surface area contributed by atoms with Crippen molar-refractivity contribution in [2.45, 2.75) is 46.1 Å². The number of rotatable bonds is 6. The average molecular weight is 369 g/mol. The number of amides is 1. The molecular weight excluding hydrogens is 342 g/mol. The number of aromatic nitrogens is 2. The minimum Gasteiger partial charge on any atom is -0.478 e. The molecule has 1 aliphatic rings. The number of carboxylic acid groups (broad SMARTS) is 1. The van der Waals surface area contributed by atoms with E-state index in [4.69, 9.17) is 5.11 Å². The number of aromatic carboxylic acids is 1. The van der Waals surface area contributed by atoms with Crippen LogP contribution in [0.5, 0.6) is 0 Å². The number of aryl methyl sites for hydroxylation is 1. The number of nitrogens with zero attached hydrogens (tertiary/aromatic N) is 3. The highest BCUT2D eigenvalue weighted by atomic mass is 16.4. The molecule has 3 rings (SSSR count). The standard InChI is InChI=1S/C21H27N3O3/c1-3-10-24-15(2)19(13-22-24)20(25)23-11-4-5-17(14-23)12-16-6-8-18(9-7-16)21(26)27/h6-9,13,17H,3-5,10-12,14H2,1-2H3,(H,26,27)/t17-/m1/s1. The maximum Gasteiger partial charge on any atom is 0.335 e. The van der Waals surface area contributed by atoms with Crippen LogP contribution in [0.25, 0.3) is 0 Å². The zero-order chi connectivity index (χ0) is 19.4. The smallest absolute Gasteiger partial charge is 0.335 e. The molecule has 1 aromatic heterocycles. The molecule has 0 saturated carbocycles. The maximum atomic E-state index is 13.0. The Hall–Kier alpha value is -2.63. The number of hydrogen-bond donors (Lipinski definition) is 1. The molecule has 0 aliphatic carbocycles. The maximum absolute atomic E-state index is 13.0. The van der Waals surface area contributed by atoms with Crippen LogP contribution in [0.3, 0.4) is 0 Å². The van der Waals surface area contributed by atoms with Gasteiger partial charge in [0.05, 0.1) is 17.3 Å². The fourth-order valence-corrected chi connectivity index (χ4v) is 3.80. The van der Waals surface area contributed by atoms with Gasteiger partial charge in [0, 0.05) is 25.3 Å². The highest BCUT2D eigenvalue weighted by Crippen LogP contribution is 2.23. The molecule has 0 radical (unpaired) electrons. The van der Waals surface area contributed by atoms with Gasteiger partial charge in [-0.1, -0.05) is 19.1 Å². The Morgan fingerprint density at radius 2 is 2.00 bits per heavy atom. The van der Waals surface area contributed by atoms with Gasteiger partial charge < -0.3 is 10.0 Å². The van der Waals surface area contributed by atoms with Crippen molar-refractivity contribution < 1.29 is 14.7 Å². The molecule has 1 fully saturated rings. The monoisotopic (exact) mass is 369 g/mol. The topological polar surface area (TPSA) is 75.4 Å². The molecule has 2 heterocycles. The van der Waals surface area contributed by atoms with Crippen LogP contribution in [-0.2, 0) is 13.0 Å². The van der Waals surface area contributed by atoms with Gasteiger partial charge in [0.25, 0.3) is 5.91 Å². The quantitative estimate of drug-likeness (QED) is 0.847. The van der Waals surface area contributed by atoms with E-state index in [0.717, 1.165) is 56.6 Å². The number of carboxylic acids is 1. The molecule has 1 saturated heterocycles. The van der Waals surface area contributed by atoms with Crippen LogP contribution in [0.15, 0.2) is 30.5 Å². The average Bonchev–Trinajstić information content (AvgIpc) is 3.03. The first-order valence-electron chi connectivity index (χ1n) is 9.63. The molecule has 1 atom stereocenters. The Morgan fingerprint density at radius 3 is 2.67 bits per heavy atom. The summed E-state index contributed by atoms with van der Waals surface area (Å²) in [5.41, 5.74) is 3.06.